The molecule has 2 atom stereocenters. The van der Waals surface area contributed by atoms with Crippen molar-refractivity contribution in [1.82, 2.24) is 5.32 Å². The summed E-state index contributed by atoms with van der Waals surface area (Å²) in [5.41, 5.74) is 0.317. The predicted octanol–water partition coefficient (Wildman–Crippen LogP) is 3.14. The summed E-state index contributed by atoms with van der Waals surface area (Å²) < 4.78 is 26.4. The van der Waals surface area contributed by atoms with Crippen molar-refractivity contribution in [1.29, 1.82) is 5.26 Å². The first-order valence-electron chi connectivity index (χ1n) is 6.27. The summed E-state index contributed by atoms with van der Waals surface area (Å²) in [6, 6.07) is 5.82. The first-order chi connectivity index (χ1) is 8.70. The number of hydrogen-bond acceptors (Lipinski definition) is 2. The average molecular weight is 250 g/mol. The summed E-state index contributed by atoms with van der Waals surface area (Å²) in [5.74, 6) is -0.864. The second-order valence-corrected chi connectivity index (χ2v) is 4.74. The quantitative estimate of drug-likeness (QED) is 0.894. The van der Waals surface area contributed by atoms with E-state index in [1.807, 2.05) is 0 Å². The minimum atomic E-state index is -0.436. The Hall–Kier alpha value is -1.47. The van der Waals surface area contributed by atoms with E-state index in [-0.39, 0.29) is 18.5 Å². The van der Waals surface area contributed by atoms with Crippen LogP contribution in [0.15, 0.2) is 18.2 Å². The molecule has 0 amide bonds. The van der Waals surface area contributed by atoms with Gasteiger partial charge >= 0.3 is 0 Å². The summed E-state index contributed by atoms with van der Waals surface area (Å²) in [7, 11) is 0. The van der Waals surface area contributed by atoms with E-state index in [1.165, 1.54) is 6.07 Å². The van der Waals surface area contributed by atoms with Crippen molar-refractivity contribution < 1.29 is 8.78 Å². The van der Waals surface area contributed by atoms with Crippen molar-refractivity contribution >= 4 is 0 Å². The van der Waals surface area contributed by atoms with E-state index in [1.54, 1.807) is 0 Å². The maximum Gasteiger partial charge on any atom is 0.127 e. The first-order valence-corrected chi connectivity index (χ1v) is 6.27. The zero-order valence-electron chi connectivity index (χ0n) is 10.1. The van der Waals surface area contributed by atoms with Crippen molar-refractivity contribution in [2.24, 2.45) is 5.92 Å². The van der Waals surface area contributed by atoms with Crippen molar-refractivity contribution in [2.75, 3.05) is 0 Å². The van der Waals surface area contributed by atoms with Crippen LogP contribution in [0.25, 0.3) is 0 Å². The maximum atomic E-state index is 13.4. The van der Waals surface area contributed by atoms with E-state index >= 15 is 0 Å². The van der Waals surface area contributed by atoms with Gasteiger partial charge in [-0.3, -0.25) is 0 Å². The number of rotatable bonds is 3. The van der Waals surface area contributed by atoms with Crippen molar-refractivity contribution in [3.63, 3.8) is 0 Å². The molecule has 96 valence electrons. The third kappa shape index (κ3) is 3.05. The fourth-order valence-electron chi connectivity index (χ4n) is 2.45. The Morgan fingerprint density at radius 1 is 1.28 bits per heavy atom. The predicted molar refractivity (Wildman–Crippen MR) is 64.6 cm³/mol. The van der Waals surface area contributed by atoms with Gasteiger partial charge in [-0.05, 0) is 31.0 Å². The van der Waals surface area contributed by atoms with Gasteiger partial charge in [0.2, 0.25) is 0 Å². The second kappa shape index (κ2) is 5.92. The minimum absolute atomic E-state index is 0.0182. The van der Waals surface area contributed by atoms with Crippen molar-refractivity contribution in [3.8, 4) is 6.07 Å². The molecular weight excluding hydrogens is 234 g/mol. The van der Waals surface area contributed by atoms with E-state index in [4.69, 9.17) is 5.26 Å². The highest BCUT2D eigenvalue weighted by Gasteiger charge is 2.24. The maximum absolute atomic E-state index is 13.4. The standard InChI is InChI=1S/C14H16F2N2/c15-12-5-6-13(16)11(7-12)9-18-14-4-2-1-3-10(14)8-17/h5-7,10,14,18H,1-4,9H2. The summed E-state index contributed by atoms with van der Waals surface area (Å²) in [4.78, 5) is 0. The van der Waals surface area contributed by atoms with Crippen LogP contribution in [0.4, 0.5) is 8.78 Å². The molecule has 1 aliphatic rings. The van der Waals surface area contributed by atoms with Gasteiger partial charge in [0.1, 0.15) is 11.6 Å². The lowest BCUT2D eigenvalue weighted by atomic mass is 9.85. The van der Waals surface area contributed by atoms with E-state index in [0.717, 1.165) is 37.8 Å². The second-order valence-electron chi connectivity index (χ2n) is 4.74. The Bertz CT molecular complexity index is 454. The molecule has 0 spiro atoms. The molecule has 0 aliphatic heterocycles. The van der Waals surface area contributed by atoms with Crippen LogP contribution in [0.1, 0.15) is 31.2 Å². The Labute approximate surface area is 106 Å². The molecule has 1 aromatic carbocycles. The van der Waals surface area contributed by atoms with E-state index in [9.17, 15) is 8.78 Å². The molecule has 0 saturated heterocycles. The minimum Gasteiger partial charge on any atom is -0.309 e. The Morgan fingerprint density at radius 3 is 2.83 bits per heavy atom. The van der Waals surface area contributed by atoms with Gasteiger partial charge in [0.15, 0.2) is 0 Å². The monoisotopic (exact) mass is 250 g/mol. The number of nitrogens with zero attached hydrogens (tertiary/aromatic N) is 1. The summed E-state index contributed by atoms with van der Waals surface area (Å²) in [6.07, 6.45) is 3.97. The molecule has 1 aromatic rings. The zero-order valence-corrected chi connectivity index (χ0v) is 10.1. The molecule has 2 rings (SSSR count). The largest absolute Gasteiger partial charge is 0.309 e. The smallest absolute Gasteiger partial charge is 0.127 e. The van der Waals surface area contributed by atoms with Crippen LogP contribution in [0, 0.1) is 28.9 Å². The third-order valence-corrected chi connectivity index (χ3v) is 3.49. The molecule has 0 heterocycles. The van der Waals surface area contributed by atoms with E-state index in [0.29, 0.717) is 5.56 Å². The molecular formula is C14H16F2N2. The van der Waals surface area contributed by atoms with Crippen LogP contribution in [-0.2, 0) is 6.54 Å². The van der Waals surface area contributed by atoms with Crippen LogP contribution < -0.4 is 5.32 Å². The lowest BCUT2D eigenvalue weighted by Crippen LogP contribution is -2.37. The van der Waals surface area contributed by atoms with E-state index < -0.39 is 11.6 Å². The highest BCUT2D eigenvalue weighted by atomic mass is 19.1. The number of nitrogens with one attached hydrogen (secondary N) is 1. The summed E-state index contributed by atoms with van der Waals surface area (Å²) in [6.45, 7) is 0.270. The topological polar surface area (TPSA) is 35.8 Å². The number of benzene rings is 1. The fourth-order valence-corrected chi connectivity index (χ4v) is 2.45. The molecule has 0 bridgehead atoms. The highest BCUT2D eigenvalue weighted by molar-refractivity contribution is 5.18. The number of hydrogen-bond donors (Lipinski definition) is 1. The molecule has 4 heteroatoms. The van der Waals surface area contributed by atoms with Crippen molar-refractivity contribution in [2.45, 2.75) is 38.3 Å². The highest BCUT2D eigenvalue weighted by Crippen LogP contribution is 2.24. The van der Waals surface area contributed by atoms with Crippen LogP contribution in [-0.4, -0.2) is 6.04 Å². The van der Waals surface area contributed by atoms with Crippen LogP contribution in [0.3, 0.4) is 0 Å². The molecule has 1 fully saturated rings. The normalized spacial score (nSPS) is 23.6. The van der Waals surface area contributed by atoms with Gasteiger partial charge in [0.25, 0.3) is 0 Å². The molecule has 0 aromatic heterocycles. The Morgan fingerprint density at radius 2 is 2.06 bits per heavy atom. The number of halogens is 2. The SMILES string of the molecule is N#CC1CCCCC1NCc1cc(F)ccc1F. The van der Waals surface area contributed by atoms with Gasteiger partial charge in [0.05, 0.1) is 12.0 Å². The summed E-state index contributed by atoms with van der Waals surface area (Å²) in [5, 5.41) is 12.2. The van der Waals surface area contributed by atoms with Gasteiger partial charge in [0, 0.05) is 18.2 Å². The van der Waals surface area contributed by atoms with Gasteiger partial charge in [-0.2, -0.15) is 5.26 Å². The zero-order chi connectivity index (χ0) is 13.0. The van der Waals surface area contributed by atoms with Gasteiger partial charge in [-0.15, -0.1) is 0 Å². The lowest BCUT2D eigenvalue weighted by Gasteiger charge is -2.27. The van der Waals surface area contributed by atoms with Crippen LogP contribution in [0.2, 0.25) is 0 Å². The first kappa shape index (κ1) is 13.0. The van der Waals surface area contributed by atoms with Gasteiger partial charge in [-0.1, -0.05) is 12.8 Å². The molecule has 18 heavy (non-hydrogen) atoms. The number of nitriles is 1. The molecule has 0 radical (unpaired) electrons. The average Bonchev–Trinajstić information content (AvgIpc) is 2.40. The third-order valence-electron chi connectivity index (χ3n) is 3.49. The lowest BCUT2D eigenvalue weighted by molar-refractivity contribution is 0.310. The van der Waals surface area contributed by atoms with Gasteiger partial charge < -0.3 is 5.32 Å². The molecule has 1 aliphatic carbocycles. The molecule has 1 saturated carbocycles. The van der Waals surface area contributed by atoms with Crippen molar-refractivity contribution in [3.05, 3.63) is 35.4 Å². The summed E-state index contributed by atoms with van der Waals surface area (Å²) >= 11 is 0. The Kier molecular flexibility index (Phi) is 4.27. The fraction of sp³-hybridized carbons (Fsp3) is 0.500. The van der Waals surface area contributed by atoms with Crippen LogP contribution in [0.5, 0.6) is 0 Å². The van der Waals surface area contributed by atoms with Crippen LogP contribution >= 0.6 is 0 Å². The van der Waals surface area contributed by atoms with Gasteiger partial charge in [-0.25, -0.2) is 8.78 Å². The molecule has 2 nitrogen and oxygen atoms in total. The molecule has 2 unspecified atom stereocenters. The Balaban J connectivity index is 1.98. The molecule has 1 N–H and O–H groups in total. The van der Waals surface area contributed by atoms with E-state index in [2.05, 4.69) is 11.4 Å².